The van der Waals surface area contributed by atoms with Crippen LogP contribution in [0, 0.1) is 0 Å². The number of ether oxygens (including phenoxy) is 2. The topological polar surface area (TPSA) is 111 Å². The van der Waals surface area contributed by atoms with E-state index in [9.17, 15) is 19.0 Å². The van der Waals surface area contributed by atoms with Crippen molar-refractivity contribution in [1.29, 1.82) is 0 Å². The highest BCUT2D eigenvalue weighted by Crippen LogP contribution is 2.38. The van der Waals surface area contributed by atoms with Crippen molar-refractivity contribution in [1.82, 2.24) is 0 Å². The first-order valence-corrected chi connectivity index (χ1v) is 26.3. The molecule has 61 heavy (non-hydrogen) atoms. The highest BCUT2D eigenvalue weighted by molar-refractivity contribution is 7.45. The van der Waals surface area contributed by atoms with Crippen molar-refractivity contribution in [2.75, 3.05) is 47.5 Å². The SMILES string of the molecule is CCCCC/C=C\C/C=C\C/C=C\C/C=C\CCCCCC(=O)O[C@H](COC(=O)CCCCCCCCCCCCCCCCCCCC)COP(=O)([O-])OCC[N+](C)(C)C. The van der Waals surface area contributed by atoms with E-state index in [0.29, 0.717) is 17.4 Å². The molecule has 0 rings (SSSR count). The largest absolute Gasteiger partial charge is 0.756 e. The van der Waals surface area contributed by atoms with Gasteiger partial charge in [0, 0.05) is 12.8 Å². The van der Waals surface area contributed by atoms with Crippen LogP contribution in [0.1, 0.15) is 213 Å². The fourth-order valence-corrected chi connectivity index (χ4v) is 7.43. The number of esters is 2. The molecule has 10 heteroatoms. The molecule has 9 nitrogen and oxygen atoms in total. The van der Waals surface area contributed by atoms with Crippen LogP contribution in [-0.2, 0) is 32.7 Å². The van der Waals surface area contributed by atoms with Crippen LogP contribution >= 0.6 is 7.82 Å². The Bertz CT molecular complexity index is 1180. The van der Waals surface area contributed by atoms with Gasteiger partial charge in [-0.1, -0.05) is 191 Å². The molecule has 1 unspecified atom stereocenters. The average Bonchev–Trinajstić information content (AvgIpc) is 3.21. The molecule has 0 saturated heterocycles. The maximum absolute atomic E-state index is 12.7. The molecule has 0 radical (unpaired) electrons. The van der Waals surface area contributed by atoms with E-state index >= 15 is 0 Å². The van der Waals surface area contributed by atoms with E-state index in [2.05, 4.69) is 62.5 Å². The maximum atomic E-state index is 12.7. The monoisotopic (exact) mass is 880 g/mol. The van der Waals surface area contributed by atoms with Gasteiger partial charge in [-0.2, -0.15) is 0 Å². The molecule has 0 heterocycles. The quantitative estimate of drug-likeness (QED) is 0.0195. The van der Waals surface area contributed by atoms with Gasteiger partial charge in [-0.05, 0) is 57.8 Å². The average molecular weight is 880 g/mol. The first-order chi connectivity index (χ1) is 29.5. The predicted molar refractivity (Wildman–Crippen MR) is 254 cm³/mol. The van der Waals surface area contributed by atoms with E-state index in [4.69, 9.17) is 18.5 Å². The molecule has 0 aliphatic rings. The molecule has 0 spiro atoms. The van der Waals surface area contributed by atoms with E-state index in [1.165, 1.54) is 122 Å². The number of allylic oxidation sites excluding steroid dienone is 8. The van der Waals surface area contributed by atoms with Crippen molar-refractivity contribution in [3.05, 3.63) is 48.6 Å². The van der Waals surface area contributed by atoms with Crippen molar-refractivity contribution in [2.24, 2.45) is 0 Å². The Kier molecular flexibility index (Phi) is 41.8. The lowest BCUT2D eigenvalue weighted by atomic mass is 10.0. The Morgan fingerprint density at radius 2 is 0.885 bits per heavy atom. The molecular formula is C51H94NO8P. The molecule has 0 fully saturated rings. The van der Waals surface area contributed by atoms with Crippen molar-refractivity contribution in [3.8, 4) is 0 Å². The summed E-state index contributed by atoms with van der Waals surface area (Å²) in [5, 5.41) is 0. The summed E-state index contributed by atoms with van der Waals surface area (Å²) in [6.45, 7) is 4.18. The molecule has 0 amide bonds. The summed E-state index contributed by atoms with van der Waals surface area (Å²) in [6, 6.07) is 0. The molecule has 0 saturated carbocycles. The third-order valence-electron chi connectivity index (χ3n) is 10.6. The number of carbonyl (C=O) groups is 2. The van der Waals surface area contributed by atoms with Crippen LogP contribution in [0.15, 0.2) is 48.6 Å². The van der Waals surface area contributed by atoms with Gasteiger partial charge in [0.1, 0.15) is 19.8 Å². The minimum atomic E-state index is -4.64. The minimum absolute atomic E-state index is 0.0375. The molecule has 2 atom stereocenters. The molecule has 356 valence electrons. The van der Waals surface area contributed by atoms with Crippen molar-refractivity contribution in [3.63, 3.8) is 0 Å². The first-order valence-electron chi connectivity index (χ1n) is 24.8. The molecule has 0 aromatic heterocycles. The van der Waals surface area contributed by atoms with E-state index in [0.717, 1.165) is 57.8 Å². The molecule has 0 aromatic rings. The highest BCUT2D eigenvalue weighted by Gasteiger charge is 2.21. The predicted octanol–water partition coefficient (Wildman–Crippen LogP) is 14.0. The Balaban J connectivity index is 4.34. The summed E-state index contributed by atoms with van der Waals surface area (Å²) in [5.74, 6) is -0.864. The molecule has 0 aliphatic carbocycles. The van der Waals surface area contributed by atoms with Crippen LogP contribution in [0.25, 0.3) is 0 Å². The van der Waals surface area contributed by atoms with Crippen LogP contribution in [0.5, 0.6) is 0 Å². The number of hydrogen-bond acceptors (Lipinski definition) is 8. The highest BCUT2D eigenvalue weighted by atomic mass is 31.2. The minimum Gasteiger partial charge on any atom is -0.756 e. The van der Waals surface area contributed by atoms with Crippen LogP contribution in [0.4, 0.5) is 0 Å². The van der Waals surface area contributed by atoms with Gasteiger partial charge in [-0.15, -0.1) is 0 Å². The van der Waals surface area contributed by atoms with Gasteiger partial charge in [-0.3, -0.25) is 14.2 Å². The van der Waals surface area contributed by atoms with E-state index in [1.807, 2.05) is 21.1 Å². The van der Waals surface area contributed by atoms with Gasteiger partial charge >= 0.3 is 11.9 Å². The molecule has 0 aliphatic heterocycles. The number of phosphoric ester groups is 1. The van der Waals surface area contributed by atoms with Gasteiger partial charge in [0.2, 0.25) is 0 Å². The van der Waals surface area contributed by atoms with Crippen molar-refractivity contribution < 1.29 is 42.1 Å². The number of phosphoric acid groups is 1. The van der Waals surface area contributed by atoms with Crippen LogP contribution in [0.2, 0.25) is 0 Å². The Morgan fingerprint density at radius 3 is 1.34 bits per heavy atom. The summed E-state index contributed by atoms with van der Waals surface area (Å²) < 4.78 is 34.0. The normalized spacial score (nSPS) is 13.9. The number of hydrogen-bond donors (Lipinski definition) is 0. The lowest BCUT2D eigenvalue weighted by Gasteiger charge is -2.28. The Hall–Kier alpha value is -2.03. The van der Waals surface area contributed by atoms with Crippen LogP contribution < -0.4 is 4.89 Å². The molecule has 0 aromatic carbocycles. The molecule has 0 N–H and O–H groups in total. The molecule has 0 bridgehead atoms. The Morgan fingerprint density at radius 1 is 0.508 bits per heavy atom. The summed E-state index contributed by atoms with van der Waals surface area (Å²) in [6.07, 6.45) is 51.4. The third-order valence-corrected chi connectivity index (χ3v) is 11.6. The van der Waals surface area contributed by atoms with Gasteiger partial charge in [0.05, 0.1) is 27.7 Å². The third kappa shape index (κ3) is 47.3. The number of nitrogens with zero attached hydrogens (tertiary/aromatic N) is 1. The lowest BCUT2D eigenvalue weighted by molar-refractivity contribution is -0.870. The van der Waals surface area contributed by atoms with E-state index in [1.54, 1.807) is 0 Å². The number of carbonyl (C=O) groups excluding carboxylic acids is 2. The maximum Gasteiger partial charge on any atom is 0.306 e. The summed E-state index contributed by atoms with van der Waals surface area (Å²) in [4.78, 5) is 37.7. The fourth-order valence-electron chi connectivity index (χ4n) is 6.70. The summed E-state index contributed by atoms with van der Waals surface area (Å²) >= 11 is 0. The van der Waals surface area contributed by atoms with Crippen molar-refractivity contribution in [2.45, 2.75) is 219 Å². The Labute approximate surface area is 375 Å². The number of rotatable bonds is 45. The second kappa shape index (κ2) is 43.2. The van der Waals surface area contributed by atoms with Crippen molar-refractivity contribution >= 4 is 19.8 Å². The zero-order chi connectivity index (χ0) is 45.0. The van der Waals surface area contributed by atoms with Crippen LogP contribution in [-0.4, -0.2) is 70.0 Å². The fraction of sp³-hybridized carbons (Fsp3) is 0.804. The van der Waals surface area contributed by atoms with Gasteiger partial charge < -0.3 is 27.9 Å². The second-order valence-electron chi connectivity index (χ2n) is 17.8. The van der Waals surface area contributed by atoms with Gasteiger partial charge in [0.15, 0.2) is 6.10 Å². The zero-order valence-electron chi connectivity index (χ0n) is 40.1. The lowest BCUT2D eigenvalue weighted by Crippen LogP contribution is -2.37. The zero-order valence-corrected chi connectivity index (χ0v) is 41.0. The summed E-state index contributed by atoms with van der Waals surface area (Å²) in [7, 11) is 1.14. The number of quaternary nitrogens is 1. The van der Waals surface area contributed by atoms with Gasteiger partial charge in [0.25, 0.3) is 7.82 Å². The van der Waals surface area contributed by atoms with Crippen LogP contribution in [0.3, 0.4) is 0 Å². The first kappa shape index (κ1) is 59.0. The van der Waals surface area contributed by atoms with Gasteiger partial charge in [-0.25, -0.2) is 0 Å². The summed E-state index contributed by atoms with van der Waals surface area (Å²) in [5.41, 5.74) is 0. The smallest absolute Gasteiger partial charge is 0.306 e. The van der Waals surface area contributed by atoms with E-state index < -0.39 is 26.5 Å². The standard InChI is InChI=1S/C51H94NO8P/c1-6-8-10-12-14-16-18-20-22-24-26-28-30-32-34-36-38-40-42-44-51(54)60-49(48-59-61(55,56)58-46-45-52(3,4)5)47-57-50(53)43-41-39-37-35-33-31-29-27-25-23-21-19-17-15-13-11-9-7-2/h14,16,20,22,26,28,32,34,49H,6-13,15,17-19,21,23-25,27,29-31,33,35-48H2,1-5H3/b16-14-,22-20-,28-26-,34-32-/t49-/m1/s1. The molecular weight excluding hydrogens is 786 g/mol. The number of likely N-dealkylation sites (N-methyl/N-ethyl adjacent to an activating group) is 1. The second-order valence-corrected chi connectivity index (χ2v) is 19.2. The number of unbranched alkanes of at least 4 members (excludes halogenated alkanes) is 23. The van der Waals surface area contributed by atoms with E-state index in [-0.39, 0.29) is 32.0 Å².